The topological polar surface area (TPSA) is 49.4 Å². The number of nitrogens with zero attached hydrogens (tertiary/aromatic N) is 1. The molecule has 2 rings (SSSR count). The molecule has 1 N–H and O–H groups in total. The number of sulfonamides is 1. The summed E-state index contributed by atoms with van der Waals surface area (Å²) in [6.07, 6.45) is 2.88. The molecule has 0 spiro atoms. The number of hydrogen-bond donors (Lipinski definition) is 1. The van der Waals surface area contributed by atoms with E-state index in [-0.39, 0.29) is 6.04 Å². The SMILES string of the molecule is CCc1ccc(S(=O)(=O)N2CCC[C@H](NC)C2)cc1. The van der Waals surface area contributed by atoms with E-state index < -0.39 is 10.0 Å². The van der Waals surface area contributed by atoms with Crippen molar-refractivity contribution >= 4 is 10.0 Å². The number of rotatable bonds is 4. The molecule has 0 saturated carbocycles. The van der Waals surface area contributed by atoms with Crippen LogP contribution in [-0.2, 0) is 16.4 Å². The number of aryl methyl sites for hydroxylation is 1. The molecule has 19 heavy (non-hydrogen) atoms. The van der Waals surface area contributed by atoms with Crippen molar-refractivity contribution in [2.45, 2.75) is 37.1 Å². The largest absolute Gasteiger partial charge is 0.316 e. The van der Waals surface area contributed by atoms with E-state index in [4.69, 9.17) is 0 Å². The van der Waals surface area contributed by atoms with Gasteiger partial charge in [0.05, 0.1) is 4.90 Å². The summed E-state index contributed by atoms with van der Waals surface area (Å²) in [7, 11) is -1.45. The van der Waals surface area contributed by atoms with Gasteiger partial charge in [-0.05, 0) is 44.0 Å². The van der Waals surface area contributed by atoms with Crippen LogP contribution in [0.25, 0.3) is 0 Å². The second-order valence-electron chi connectivity index (χ2n) is 4.99. The Bertz CT molecular complexity index is 511. The van der Waals surface area contributed by atoms with E-state index in [2.05, 4.69) is 12.2 Å². The van der Waals surface area contributed by atoms with Crippen LogP contribution in [0.2, 0.25) is 0 Å². The van der Waals surface area contributed by atoms with E-state index in [1.807, 2.05) is 19.2 Å². The fourth-order valence-corrected chi connectivity index (χ4v) is 3.97. The summed E-state index contributed by atoms with van der Waals surface area (Å²) in [5, 5.41) is 3.17. The number of likely N-dealkylation sites (N-methyl/N-ethyl adjacent to an activating group) is 1. The third-order valence-corrected chi connectivity index (χ3v) is 5.64. The van der Waals surface area contributed by atoms with Gasteiger partial charge in [-0.1, -0.05) is 19.1 Å². The van der Waals surface area contributed by atoms with Crippen molar-refractivity contribution in [2.24, 2.45) is 0 Å². The minimum absolute atomic E-state index is 0.262. The molecule has 1 aromatic rings. The van der Waals surface area contributed by atoms with E-state index in [1.54, 1.807) is 16.4 Å². The Morgan fingerprint density at radius 2 is 2.00 bits per heavy atom. The molecule has 0 amide bonds. The Morgan fingerprint density at radius 1 is 1.32 bits per heavy atom. The molecule has 1 aliphatic rings. The van der Waals surface area contributed by atoms with Gasteiger partial charge >= 0.3 is 0 Å². The van der Waals surface area contributed by atoms with Gasteiger partial charge in [-0.3, -0.25) is 0 Å². The Balaban J connectivity index is 2.20. The summed E-state index contributed by atoms with van der Waals surface area (Å²) < 4.78 is 26.7. The predicted octanol–water partition coefficient (Wildman–Crippen LogP) is 1.62. The Morgan fingerprint density at radius 3 is 2.58 bits per heavy atom. The van der Waals surface area contributed by atoms with Crippen LogP contribution in [-0.4, -0.2) is 38.9 Å². The third-order valence-electron chi connectivity index (χ3n) is 3.76. The monoisotopic (exact) mass is 282 g/mol. The highest BCUT2D eigenvalue weighted by Crippen LogP contribution is 2.21. The first-order valence-electron chi connectivity index (χ1n) is 6.84. The van der Waals surface area contributed by atoms with Crippen molar-refractivity contribution in [3.63, 3.8) is 0 Å². The van der Waals surface area contributed by atoms with Crippen molar-refractivity contribution < 1.29 is 8.42 Å². The summed E-state index contributed by atoms with van der Waals surface area (Å²) in [5.74, 6) is 0. The van der Waals surface area contributed by atoms with Crippen molar-refractivity contribution in [1.82, 2.24) is 9.62 Å². The Hall–Kier alpha value is -0.910. The van der Waals surface area contributed by atoms with E-state index in [0.29, 0.717) is 18.0 Å². The van der Waals surface area contributed by atoms with Gasteiger partial charge in [-0.2, -0.15) is 4.31 Å². The highest BCUT2D eigenvalue weighted by Gasteiger charge is 2.29. The zero-order chi connectivity index (χ0) is 13.9. The zero-order valence-corrected chi connectivity index (χ0v) is 12.4. The van der Waals surface area contributed by atoms with Gasteiger partial charge in [-0.15, -0.1) is 0 Å². The Kier molecular flexibility index (Phi) is 4.60. The highest BCUT2D eigenvalue weighted by molar-refractivity contribution is 7.89. The molecule has 1 fully saturated rings. The lowest BCUT2D eigenvalue weighted by atomic mass is 10.1. The van der Waals surface area contributed by atoms with Crippen LogP contribution in [0.15, 0.2) is 29.2 Å². The van der Waals surface area contributed by atoms with Gasteiger partial charge in [0.1, 0.15) is 0 Å². The second-order valence-corrected chi connectivity index (χ2v) is 6.93. The molecule has 1 heterocycles. The van der Waals surface area contributed by atoms with E-state index in [0.717, 1.165) is 24.8 Å². The van der Waals surface area contributed by atoms with Crippen molar-refractivity contribution in [2.75, 3.05) is 20.1 Å². The van der Waals surface area contributed by atoms with Crippen LogP contribution in [0.3, 0.4) is 0 Å². The zero-order valence-electron chi connectivity index (χ0n) is 11.6. The van der Waals surface area contributed by atoms with Gasteiger partial charge in [0.15, 0.2) is 0 Å². The molecular formula is C14H22N2O2S. The van der Waals surface area contributed by atoms with Gasteiger partial charge in [0, 0.05) is 19.1 Å². The molecule has 0 radical (unpaired) electrons. The van der Waals surface area contributed by atoms with E-state index >= 15 is 0 Å². The minimum Gasteiger partial charge on any atom is -0.316 e. The van der Waals surface area contributed by atoms with Crippen molar-refractivity contribution in [3.05, 3.63) is 29.8 Å². The fourth-order valence-electron chi connectivity index (χ4n) is 2.44. The average Bonchev–Trinajstić information content (AvgIpc) is 2.47. The van der Waals surface area contributed by atoms with Crippen molar-refractivity contribution in [1.29, 1.82) is 0 Å². The molecule has 1 atom stereocenters. The molecule has 0 unspecified atom stereocenters. The number of piperidine rings is 1. The first-order valence-corrected chi connectivity index (χ1v) is 8.28. The standard InChI is InChI=1S/C14H22N2O2S/c1-3-12-6-8-14(9-7-12)19(17,18)16-10-4-5-13(11-16)15-2/h6-9,13,15H,3-5,10-11H2,1-2H3/t13-/m0/s1. The van der Waals surface area contributed by atoms with Gasteiger partial charge in [0.2, 0.25) is 10.0 Å². The summed E-state index contributed by atoms with van der Waals surface area (Å²) in [4.78, 5) is 0.404. The third kappa shape index (κ3) is 3.16. The molecule has 0 aliphatic carbocycles. The minimum atomic E-state index is -3.34. The summed E-state index contributed by atoms with van der Waals surface area (Å²) in [6, 6.07) is 7.49. The van der Waals surface area contributed by atoms with Crippen LogP contribution >= 0.6 is 0 Å². The first kappa shape index (κ1) is 14.5. The molecule has 4 nitrogen and oxygen atoms in total. The molecule has 0 aromatic heterocycles. The summed E-state index contributed by atoms with van der Waals surface area (Å²) in [5.41, 5.74) is 1.16. The van der Waals surface area contributed by atoms with Gasteiger partial charge in [0.25, 0.3) is 0 Å². The number of nitrogens with one attached hydrogen (secondary N) is 1. The summed E-state index contributed by atoms with van der Waals surface area (Å²) >= 11 is 0. The Labute approximate surface area is 115 Å². The number of benzene rings is 1. The first-order chi connectivity index (χ1) is 9.07. The number of hydrogen-bond acceptors (Lipinski definition) is 3. The van der Waals surface area contributed by atoms with Crippen molar-refractivity contribution in [3.8, 4) is 0 Å². The molecule has 5 heteroatoms. The molecule has 0 bridgehead atoms. The van der Waals surface area contributed by atoms with Crippen LogP contribution in [0.5, 0.6) is 0 Å². The lowest BCUT2D eigenvalue weighted by molar-refractivity contribution is 0.293. The molecule has 106 valence electrons. The highest BCUT2D eigenvalue weighted by atomic mass is 32.2. The second kappa shape index (κ2) is 6.03. The maximum Gasteiger partial charge on any atom is 0.243 e. The van der Waals surface area contributed by atoms with Crippen LogP contribution in [0.4, 0.5) is 0 Å². The predicted molar refractivity (Wildman–Crippen MR) is 76.7 cm³/mol. The summed E-state index contributed by atoms with van der Waals surface area (Å²) in [6.45, 7) is 3.25. The maximum absolute atomic E-state index is 12.5. The van der Waals surface area contributed by atoms with E-state index in [1.165, 1.54) is 0 Å². The lowest BCUT2D eigenvalue weighted by Gasteiger charge is -2.31. The smallest absolute Gasteiger partial charge is 0.243 e. The van der Waals surface area contributed by atoms with Gasteiger partial charge < -0.3 is 5.32 Å². The molecule has 1 aliphatic heterocycles. The molecular weight excluding hydrogens is 260 g/mol. The van der Waals surface area contributed by atoms with E-state index in [9.17, 15) is 8.42 Å². The average molecular weight is 282 g/mol. The van der Waals surface area contributed by atoms with Crippen LogP contribution in [0, 0.1) is 0 Å². The maximum atomic E-state index is 12.5. The quantitative estimate of drug-likeness (QED) is 0.913. The normalized spacial score (nSPS) is 21.5. The van der Waals surface area contributed by atoms with Crippen LogP contribution < -0.4 is 5.32 Å². The van der Waals surface area contributed by atoms with Gasteiger partial charge in [-0.25, -0.2) is 8.42 Å². The fraction of sp³-hybridized carbons (Fsp3) is 0.571. The lowest BCUT2D eigenvalue weighted by Crippen LogP contribution is -2.46. The van der Waals surface area contributed by atoms with Crippen LogP contribution in [0.1, 0.15) is 25.3 Å². The molecule has 1 saturated heterocycles. The molecule has 1 aromatic carbocycles.